The van der Waals surface area contributed by atoms with E-state index in [2.05, 4.69) is 5.32 Å². The molecule has 3 rings (SSSR count). The zero-order valence-electron chi connectivity index (χ0n) is 9.99. The van der Waals surface area contributed by atoms with Crippen LogP contribution in [0.25, 0.3) is 11.0 Å². The topological polar surface area (TPSA) is 25.2 Å². The zero-order valence-corrected chi connectivity index (χ0v) is 11.5. The van der Waals surface area contributed by atoms with Crippen molar-refractivity contribution in [3.8, 4) is 0 Å². The maximum Gasteiger partial charge on any atom is 0.134 e. The van der Waals surface area contributed by atoms with Gasteiger partial charge in [0.25, 0.3) is 0 Å². The Balaban J connectivity index is 1.82. The monoisotopic (exact) mass is 291 g/mol. The number of furan rings is 1. The normalized spacial score (nSPS) is 10.8. The Morgan fingerprint density at radius 2 is 1.74 bits per heavy atom. The van der Waals surface area contributed by atoms with Gasteiger partial charge in [0.05, 0.1) is 6.26 Å². The minimum Gasteiger partial charge on any atom is -0.464 e. The van der Waals surface area contributed by atoms with Crippen LogP contribution in [-0.2, 0) is 6.54 Å². The molecule has 1 N–H and O–H groups in total. The van der Waals surface area contributed by atoms with Crippen molar-refractivity contribution in [2.24, 2.45) is 0 Å². The number of rotatable bonds is 3. The predicted molar refractivity (Wildman–Crippen MR) is 80.0 cm³/mol. The summed E-state index contributed by atoms with van der Waals surface area (Å²) in [6.45, 7) is 0.660. The van der Waals surface area contributed by atoms with Crippen LogP contribution in [0, 0.1) is 0 Å². The van der Waals surface area contributed by atoms with Crippen LogP contribution in [0.5, 0.6) is 0 Å². The second kappa shape index (κ2) is 5.16. The molecule has 0 saturated carbocycles. The molecule has 0 aliphatic rings. The van der Waals surface area contributed by atoms with Crippen LogP contribution < -0.4 is 5.32 Å². The fraction of sp³-hybridized carbons (Fsp3) is 0.0667. The van der Waals surface area contributed by atoms with Gasteiger partial charge in [-0.05, 0) is 24.3 Å². The van der Waals surface area contributed by atoms with Crippen LogP contribution >= 0.6 is 23.2 Å². The van der Waals surface area contributed by atoms with Gasteiger partial charge in [0.15, 0.2) is 0 Å². The minimum absolute atomic E-state index is 0.618. The largest absolute Gasteiger partial charge is 0.464 e. The summed E-state index contributed by atoms with van der Waals surface area (Å²) in [6, 6.07) is 13.3. The van der Waals surface area contributed by atoms with Gasteiger partial charge in [-0.2, -0.15) is 0 Å². The third-order valence-corrected chi connectivity index (χ3v) is 3.34. The van der Waals surface area contributed by atoms with Gasteiger partial charge in [0, 0.05) is 33.2 Å². The summed E-state index contributed by atoms with van der Waals surface area (Å²) in [5.74, 6) is 0. The summed E-state index contributed by atoms with van der Waals surface area (Å²) in [7, 11) is 0. The fourth-order valence-corrected chi connectivity index (χ4v) is 2.55. The maximum absolute atomic E-state index is 5.96. The zero-order chi connectivity index (χ0) is 13.2. The molecule has 0 amide bonds. The van der Waals surface area contributed by atoms with Crippen LogP contribution in [-0.4, -0.2) is 0 Å². The van der Waals surface area contributed by atoms with E-state index in [1.54, 1.807) is 12.3 Å². The lowest BCUT2D eigenvalue weighted by atomic mass is 10.2. The number of nitrogens with one attached hydrogen (secondary N) is 1. The van der Waals surface area contributed by atoms with Gasteiger partial charge < -0.3 is 9.73 Å². The van der Waals surface area contributed by atoms with E-state index in [0.717, 1.165) is 22.2 Å². The van der Waals surface area contributed by atoms with Crippen molar-refractivity contribution < 1.29 is 4.42 Å². The number of para-hydroxylation sites is 1. The van der Waals surface area contributed by atoms with E-state index in [1.807, 2.05) is 36.4 Å². The highest BCUT2D eigenvalue weighted by Gasteiger charge is 2.05. The first-order chi connectivity index (χ1) is 9.22. The Kier molecular flexibility index (Phi) is 3.36. The molecule has 0 atom stereocenters. The molecule has 2 aromatic carbocycles. The molecular formula is C15H11Cl2NO. The van der Waals surface area contributed by atoms with Gasteiger partial charge in [-0.1, -0.05) is 41.4 Å². The Labute approximate surface area is 120 Å². The third kappa shape index (κ3) is 2.70. The lowest BCUT2D eigenvalue weighted by molar-refractivity contribution is 0.611. The van der Waals surface area contributed by atoms with Crippen molar-refractivity contribution >= 4 is 39.9 Å². The number of hydrogen-bond acceptors (Lipinski definition) is 2. The van der Waals surface area contributed by atoms with Gasteiger partial charge in [-0.15, -0.1) is 0 Å². The Hall–Kier alpha value is -1.64. The van der Waals surface area contributed by atoms with Crippen molar-refractivity contribution in [2.45, 2.75) is 6.54 Å². The van der Waals surface area contributed by atoms with Crippen molar-refractivity contribution in [3.63, 3.8) is 0 Å². The fourth-order valence-electron chi connectivity index (χ4n) is 2.02. The molecule has 19 heavy (non-hydrogen) atoms. The van der Waals surface area contributed by atoms with Crippen molar-refractivity contribution in [1.29, 1.82) is 0 Å². The molecule has 0 fully saturated rings. The summed E-state index contributed by atoms with van der Waals surface area (Å²) in [5, 5.41) is 5.64. The molecule has 1 aromatic heterocycles. The summed E-state index contributed by atoms with van der Waals surface area (Å²) in [4.78, 5) is 0. The number of hydrogen-bond donors (Lipinski definition) is 1. The minimum atomic E-state index is 0.618. The second-order valence-electron chi connectivity index (χ2n) is 4.27. The molecular weight excluding hydrogens is 281 g/mol. The quantitative estimate of drug-likeness (QED) is 0.703. The lowest BCUT2D eigenvalue weighted by Gasteiger charge is -2.06. The number of halogens is 2. The van der Waals surface area contributed by atoms with Crippen LogP contribution in [0.4, 0.5) is 5.69 Å². The first kappa shape index (κ1) is 12.4. The molecule has 1 heterocycles. The van der Waals surface area contributed by atoms with E-state index < -0.39 is 0 Å². The molecule has 3 aromatic rings. The van der Waals surface area contributed by atoms with Crippen molar-refractivity contribution in [1.82, 2.24) is 0 Å². The number of fused-ring (bicyclic) bond motifs is 1. The highest BCUT2D eigenvalue weighted by molar-refractivity contribution is 6.35. The molecule has 96 valence electrons. The van der Waals surface area contributed by atoms with Gasteiger partial charge in [0.2, 0.25) is 0 Å². The summed E-state index contributed by atoms with van der Waals surface area (Å²) < 4.78 is 5.49. The van der Waals surface area contributed by atoms with E-state index in [4.69, 9.17) is 27.6 Å². The molecule has 0 radical (unpaired) electrons. The van der Waals surface area contributed by atoms with E-state index in [-0.39, 0.29) is 0 Å². The molecule has 0 unspecified atom stereocenters. The second-order valence-corrected chi connectivity index (χ2v) is 5.14. The highest BCUT2D eigenvalue weighted by Crippen LogP contribution is 2.25. The average molecular weight is 292 g/mol. The van der Waals surface area contributed by atoms with E-state index >= 15 is 0 Å². The first-order valence-electron chi connectivity index (χ1n) is 5.87. The summed E-state index contributed by atoms with van der Waals surface area (Å²) in [5.41, 5.74) is 2.89. The maximum atomic E-state index is 5.96. The van der Waals surface area contributed by atoms with Crippen LogP contribution in [0.15, 0.2) is 53.1 Å². The van der Waals surface area contributed by atoms with Gasteiger partial charge in [-0.25, -0.2) is 0 Å². The van der Waals surface area contributed by atoms with Crippen molar-refractivity contribution in [3.05, 3.63) is 64.3 Å². The highest BCUT2D eigenvalue weighted by atomic mass is 35.5. The molecule has 2 nitrogen and oxygen atoms in total. The van der Waals surface area contributed by atoms with Crippen LogP contribution in [0.2, 0.25) is 10.0 Å². The predicted octanol–water partition coefficient (Wildman–Crippen LogP) is 5.35. The van der Waals surface area contributed by atoms with E-state index in [9.17, 15) is 0 Å². The lowest BCUT2D eigenvalue weighted by Crippen LogP contribution is -1.98. The number of anilines is 1. The Bertz CT molecular complexity index is 701. The van der Waals surface area contributed by atoms with E-state index in [0.29, 0.717) is 16.6 Å². The molecule has 0 aliphatic heterocycles. The number of benzene rings is 2. The van der Waals surface area contributed by atoms with E-state index in [1.165, 1.54) is 0 Å². The van der Waals surface area contributed by atoms with Crippen LogP contribution in [0.3, 0.4) is 0 Å². The first-order valence-corrected chi connectivity index (χ1v) is 6.63. The van der Waals surface area contributed by atoms with Crippen molar-refractivity contribution in [2.75, 3.05) is 5.32 Å². The molecule has 0 aliphatic carbocycles. The SMILES string of the molecule is Clc1cc(Cl)cc(NCc2coc3ccccc23)c1. The third-order valence-electron chi connectivity index (χ3n) is 2.91. The van der Waals surface area contributed by atoms with Gasteiger partial charge >= 0.3 is 0 Å². The van der Waals surface area contributed by atoms with Crippen LogP contribution in [0.1, 0.15) is 5.56 Å². The molecule has 0 bridgehead atoms. The van der Waals surface area contributed by atoms with Gasteiger partial charge in [-0.3, -0.25) is 0 Å². The Morgan fingerprint density at radius 1 is 1.00 bits per heavy atom. The molecule has 0 spiro atoms. The summed E-state index contributed by atoms with van der Waals surface area (Å²) in [6.07, 6.45) is 1.77. The Morgan fingerprint density at radius 3 is 2.53 bits per heavy atom. The smallest absolute Gasteiger partial charge is 0.134 e. The molecule has 4 heteroatoms. The standard InChI is InChI=1S/C15H11Cl2NO/c16-11-5-12(17)7-13(6-11)18-8-10-9-19-15-4-2-1-3-14(10)15/h1-7,9,18H,8H2. The average Bonchev–Trinajstić information content (AvgIpc) is 2.78. The molecule has 0 saturated heterocycles. The summed E-state index contributed by atoms with van der Waals surface area (Å²) >= 11 is 11.9. The van der Waals surface area contributed by atoms with Gasteiger partial charge in [0.1, 0.15) is 5.58 Å².